The van der Waals surface area contributed by atoms with E-state index in [4.69, 9.17) is 28.1 Å². The molecular weight excluding hydrogens is 284 g/mol. The lowest BCUT2D eigenvalue weighted by Gasteiger charge is -2.18. The number of nitro benzene ring substituents is 1. The van der Waals surface area contributed by atoms with E-state index in [0.29, 0.717) is 0 Å². The van der Waals surface area contributed by atoms with Crippen LogP contribution >= 0.6 is 31.0 Å². The monoisotopic (exact) mass is 286 g/mol. The number of nitro groups is 1. The minimum atomic E-state index is -5.07. The molecule has 0 aliphatic carbocycles. The molecule has 1 unspecified atom stereocenters. The van der Waals surface area contributed by atoms with Crippen LogP contribution in [0.15, 0.2) is 12.1 Å². The fourth-order valence-corrected chi connectivity index (χ4v) is 1.94. The van der Waals surface area contributed by atoms with Gasteiger partial charge in [-0.25, -0.2) is 0 Å². The average molecular weight is 287 g/mol. The van der Waals surface area contributed by atoms with Crippen LogP contribution in [0.1, 0.15) is 0 Å². The second-order valence-corrected chi connectivity index (χ2v) is 4.49. The molecule has 0 heterocycles. The maximum atomic E-state index is 10.4. The summed E-state index contributed by atoms with van der Waals surface area (Å²) >= 11 is 11.0. The van der Waals surface area contributed by atoms with Crippen molar-refractivity contribution in [2.75, 3.05) is 0 Å². The van der Waals surface area contributed by atoms with Crippen molar-refractivity contribution < 1.29 is 23.8 Å². The van der Waals surface area contributed by atoms with Gasteiger partial charge in [0.25, 0.3) is 5.69 Å². The first-order chi connectivity index (χ1) is 7.20. The van der Waals surface area contributed by atoms with Crippen molar-refractivity contribution in [2.45, 2.75) is 0 Å². The molecule has 1 N–H and O–H groups in total. The molecule has 1 atom stereocenters. The number of phosphoric acid groups is 1. The molecule has 1 aromatic rings. The number of phosphoric ester groups is 1. The summed E-state index contributed by atoms with van der Waals surface area (Å²) in [5, 5.41) is 9.59. The van der Waals surface area contributed by atoms with Crippen LogP contribution in [0.25, 0.3) is 0 Å². The Hall–Kier alpha value is -0.850. The fourth-order valence-electron chi connectivity index (χ4n) is 0.854. The van der Waals surface area contributed by atoms with Crippen molar-refractivity contribution in [3.63, 3.8) is 0 Å². The highest BCUT2D eigenvalue weighted by molar-refractivity contribution is 7.45. The van der Waals surface area contributed by atoms with Crippen LogP contribution in [0, 0.1) is 10.1 Å². The number of nitrogens with zero attached hydrogens (tertiary/aromatic N) is 1. The molecule has 0 radical (unpaired) electrons. The summed E-state index contributed by atoms with van der Waals surface area (Å²) in [5.41, 5.74) is -0.430. The summed E-state index contributed by atoms with van der Waals surface area (Å²) < 4.78 is 14.5. The van der Waals surface area contributed by atoms with E-state index in [1.165, 1.54) is 0 Å². The molecule has 1 rings (SSSR count). The molecule has 0 spiro atoms. The van der Waals surface area contributed by atoms with Gasteiger partial charge in [0.2, 0.25) is 0 Å². The van der Waals surface area contributed by atoms with Gasteiger partial charge in [0.1, 0.15) is 0 Å². The Morgan fingerprint density at radius 1 is 1.38 bits per heavy atom. The Morgan fingerprint density at radius 2 is 1.81 bits per heavy atom. The second-order valence-electron chi connectivity index (χ2n) is 2.56. The number of benzene rings is 1. The first-order valence-electron chi connectivity index (χ1n) is 3.57. The summed E-state index contributed by atoms with van der Waals surface area (Å²) in [6.07, 6.45) is 0. The Kier molecular flexibility index (Phi) is 3.77. The average Bonchev–Trinajstić information content (AvgIpc) is 2.09. The predicted molar refractivity (Wildman–Crippen MR) is 53.6 cm³/mol. The molecule has 0 saturated heterocycles. The van der Waals surface area contributed by atoms with E-state index >= 15 is 0 Å². The summed E-state index contributed by atoms with van der Waals surface area (Å²) in [5.74, 6) is -0.560. The second kappa shape index (κ2) is 4.57. The highest BCUT2D eigenvalue weighted by Gasteiger charge is 2.18. The summed E-state index contributed by atoms with van der Waals surface area (Å²) in [6, 6.07) is 1.69. The molecule has 0 aliphatic rings. The first kappa shape index (κ1) is 13.2. The topological polar surface area (TPSA) is 113 Å². The van der Waals surface area contributed by atoms with Crippen LogP contribution in [-0.2, 0) is 4.57 Å². The van der Waals surface area contributed by atoms with E-state index in [-0.39, 0.29) is 0 Å². The first-order valence-corrected chi connectivity index (χ1v) is 5.82. The molecule has 16 heavy (non-hydrogen) atoms. The van der Waals surface area contributed by atoms with Gasteiger partial charge in [-0.3, -0.25) is 14.7 Å². The fraction of sp³-hybridized carbons (Fsp3) is 0. The highest BCUT2D eigenvalue weighted by atomic mass is 35.5. The van der Waals surface area contributed by atoms with Crippen LogP contribution < -0.4 is 9.42 Å². The maximum Gasteiger partial charge on any atom is 0.317 e. The van der Waals surface area contributed by atoms with E-state index < -0.39 is 34.2 Å². The maximum absolute atomic E-state index is 10.4. The SMILES string of the molecule is O=[N+]([O-])c1cc(Cl)c(OP(=O)([O-])O)c(Cl)c1. The lowest BCUT2D eigenvalue weighted by atomic mass is 10.3. The molecule has 88 valence electrons. The highest BCUT2D eigenvalue weighted by Crippen LogP contribution is 2.43. The van der Waals surface area contributed by atoms with Crippen LogP contribution in [0.5, 0.6) is 5.75 Å². The van der Waals surface area contributed by atoms with Crippen LogP contribution in [0.3, 0.4) is 0 Å². The van der Waals surface area contributed by atoms with Gasteiger partial charge >= 0.3 is 7.82 Å². The van der Waals surface area contributed by atoms with Gasteiger partial charge in [-0.1, -0.05) is 23.2 Å². The Bertz CT molecular complexity index is 463. The predicted octanol–water partition coefficient (Wildman–Crippen LogP) is 1.74. The van der Waals surface area contributed by atoms with Gasteiger partial charge in [0, 0.05) is 12.1 Å². The number of halogens is 2. The third-order valence-corrected chi connectivity index (χ3v) is 2.38. The minimum Gasteiger partial charge on any atom is -0.746 e. The van der Waals surface area contributed by atoms with Crippen molar-refractivity contribution in [3.05, 3.63) is 32.3 Å². The molecule has 0 aliphatic heterocycles. The Morgan fingerprint density at radius 3 is 2.12 bits per heavy atom. The molecule has 0 bridgehead atoms. The van der Waals surface area contributed by atoms with E-state index in [9.17, 15) is 19.6 Å². The number of hydrogen-bond acceptors (Lipinski definition) is 5. The van der Waals surface area contributed by atoms with E-state index in [2.05, 4.69) is 4.52 Å². The van der Waals surface area contributed by atoms with Crippen molar-refractivity contribution in [1.82, 2.24) is 0 Å². The van der Waals surface area contributed by atoms with Gasteiger partial charge in [-0.15, -0.1) is 0 Å². The molecule has 10 heteroatoms. The Labute approximate surface area is 98.9 Å². The molecule has 0 aromatic heterocycles. The van der Waals surface area contributed by atoms with Gasteiger partial charge in [0.15, 0.2) is 5.75 Å². The zero-order valence-corrected chi connectivity index (χ0v) is 9.70. The van der Waals surface area contributed by atoms with Gasteiger partial charge < -0.3 is 14.3 Å². The molecule has 0 amide bonds. The van der Waals surface area contributed by atoms with E-state index in [0.717, 1.165) is 12.1 Å². The van der Waals surface area contributed by atoms with Crippen molar-refractivity contribution in [3.8, 4) is 5.75 Å². The lowest BCUT2D eigenvalue weighted by Crippen LogP contribution is -2.06. The third-order valence-electron chi connectivity index (χ3n) is 1.40. The van der Waals surface area contributed by atoms with Crippen molar-refractivity contribution in [2.24, 2.45) is 0 Å². The summed E-state index contributed by atoms with van der Waals surface area (Å²) in [4.78, 5) is 28.5. The zero-order chi connectivity index (χ0) is 12.5. The van der Waals surface area contributed by atoms with E-state index in [1.807, 2.05) is 0 Å². The van der Waals surface area contributed by atoms with Crippen LogP contribution in [-0.4, -0.2) is 9.82 Å². The Balaban J connectivity index is 3.23. The standard InChI is InChI=1S/C6H4Cl2NO6P/c7-4-1-3(9(10)11)2-5(8)6(4)15-16(12,13)14/h1-2H,(H2,12,13,14)/p-1. The smallest absolute Gasteiger partial charge is 0.317 e. The van der Waals surface area contributed by atoms with Crippen LogP contribution in [0.2, 0.25) is 10.0 Å². The molecule has 7 nitrogen and oxygen atoms in total. The van der Waals surface area contributed by atoms with Gasteiger partial charge in [0.05, 0.1) is 15.0 Å². The lowest BCUT2D eigenvalue weighted by molar-refractivity contribution is -0.384. The quantitative estimate of drug-likeness (QED) is 0.514. The molecule has 0 fully saturated rings. The third kappa shape index (κ3) is 3.33. The summed E-state index contributed by atoms with van der Waals surface area (Å²) in [7, 11) is -5.07. The van der Waals surface area contributed by atoms with Gasteiger partial charge in [-0.2, -0.15) is 0 Å². The van der Waals surface area contributed by atoms with Gasteiger partial charge in [-0.05, 0) is 0 Å². The molecule has 1 aromatic carbocycles. The largest absolute Gasteiger partial charge is 0.746 e. The normalized spacial score (nSPS) is 14.2. The summed E-state index contributed by atoms with van der Waals surface area (Å²) in [6.45, 7) is 0. The number of rotatable bonds is 3. The molecule has 0 saturated carbocycles. The molecular formula is C6H3Cl2NO6P-. The van der Waals surface area contributed by atoms with Crippen LogP contribution in [0.4, 0.5) is 5.69 Å². The van der Waals surface area contributed by atoms with Crippen molar-refractivity contribution >= 4 is 36.7 Å². The minimum absolute atomic E-state index is 0.399. The number of non-ortho nitro benzene ring substituents is 1. The zero-order valence-electron chi connectivity index (χ0n) is 7.29. The van der Waals surface area contributed by atoms with E-state index in [1.54, 1.807) is 0 Å². The number of hydrogen-bond donors (Lipinski definition) is 1. The van der Waals surface area contributed by atoms with Crippen molar-refractivity contribution in [1.29, 1.82) is 0 Å².